The highest BCUT2D eigenvalue weighted by Crippen LogP contribution is 2.23. The zero-order valence-corrected chi connectivity index (χ0v) is 15.1. The average molecular weight is 359 g/mol. The van der Waals surface area contributed by atoms with Crippen molar-refractivity contribution in [2.75, 3.05) is 13.1 Å². The first-order valence-corrected chi connectivity index (χ1v) is 8.98. The predicted octanol–water partition coefficient (Wildman–Crippen LogP) is 3.86. The van der Waals surface area contributed by atoms with Gasteiger partial charge in [0.2, 0.25) is 0 Å². The van der Waals surface area contributed by atoms with E-state index in [0.29, 0.717) is 30.4 Å². The Labute approximate surface area is 152 Å². The third kappa shape index (κ3) is 4.42. The number of amides is 1. The largest absolute Gasteiger partial charge is 0.337 e. The SMILES string of the molecule is Cc1cc(C(=O)N2CCC[C@H](CCc3ccc(F)c(F)c3)C2)nc(C)n1. The molecule has 0 spiro atoms. The molecule has 3 rings (SSSR count). The molecule has 0 unspecified atom stereocenters. The van der Waals surface area contributed by atoms with Crippen LogP contribution in [-0.2, 0) is 6.42 Å². The molecule has 2 heterocycles. The highest BCUT2D eigenvalue weighted by Gasteiger charge is 2.25. The van der Waals surface area contributed by atoms with Crippen LogP contribution in [0.15, 0.2) is 24.3 Å². The van der Waals surface area contributed by atoms with E-state index in [1.807, 2.05) is 11.8 Å². The van der Waals surface area contributed by atoms with Crippen molar-refractivity contribution in [3.8, 4) is 0 Å². The van der Waals surface area contributed by atoms with E-state index < -0.39 is 11.6 Å². The fourth-order valence-electron chi connectivity index (χ4n) is 3.54. The van der Waals surface area contributed by atoms with Crippen molar-refractivity contribution in [2.24, 2.45) is 5.92 Å². The topological polar surface area (TPSA) is 46.1 Å². The lowest BCUT2D eigenvalue weighted by Gasteiger charge is -2.32. The maximum atomic E-state index is 13.3. The van der Waals surface area contributed by atoms with Gasteiger partial charge in [0.15, 0.2) is 11.6 Å². The highest BCUT2D eigenvalue weighted by atomic mass is 19.2. The number of aryl methyl sites for hydroxylation is 3. The van der Waals surface area contributed by atoms with Crippen LogP contribution in [-0.4, -0.2) is 33.9 Å². The van der Waals surface area contributed by atoms with E-state index in [1.54, 1.807) is 19.1 Å². The molecule has 0 radical (unpaired) electrons. The average Bonchev–Trinajstić information content (AvgIpc) is 2.61. The Hall–Kier alpha value is -2.37. The lowest BCUT2D eigenvalue weighted by atomic mass is 9.91. The minimum absolute atomic E-state index is 0.0591. The van der Waals surface area contributed by atoms with E-state index in [-0.39, 0.29) is 5.91 Å². The summed E-state index contributed by atoms with van der Waals surface area (Å²) in [6, 6.07) is 5.77. The van der Waals surface area contributed by atoms with Gasteiger partial charge in [-0.15, -0.1) is 0 Å². The highest BCUT2D eigenvalue weighted by molar-refractivity contribution is 5.92. The number of rotatable bonds is 4. The van der Waals surface area contributed by atoms with E-state index in [4.69, 9.17) is 0 Å². The summed E-state index contributed by atoms with van der Waals surface area (Å²) >= 11 is 0. The second-order valence-corrected chi connectivity index (χ2v) is 6.99. The van der Waals surface area contributed by atoms with Crippen LogP contribution in [0.25, 0.3) is 0 Å². The smallest absolute Gasteiger partial charge is 0.272 e. The van der Waals surface area contributed by atoms with Crippen molar-refractivity contribution in [1.29, 1.82) is 0 Å². The van der Waals surface area contributed by atoms with Crippen molar-refractivity contribution in [2.45, 2.75) is 39.5 Å². The Kier molecular flexibility index (Phi) is 5.59. The molecule has 1 aromatic carbocycles. The van der Waals surface area contributed by atoms with E-state index in [9.17, 15) is 13.6 Å². The zero-order chi connectivity index (χ0) is 18.7. The minimum Gasteiger partial charge on any atom is -0.337 e. The molecule has 0 aliphatic carbocycles. The van der Waals surface area contributed by atoms with Crippen molar-refractivity contribution >= 4 is 5.91 Å². The number of piperidine rings is 1. The molecule has 1 aliphatic heterocycles. The van der Waals surface area contributed by atoms with Gasteiger partial charge in [-0.1, -0.05) is 6.07 Å². The number of hydrogen-bond donors (Lipinski definition) is 0. The molecule has 1 aliphatic rings. The number of halogens is 2. The van der Waals surface area contributed by atoms with Gasteiger partial charge < -0.3 is 4.90 Å². The standard InChI is InChI=1S/C20H23F2N3O/c1-13-10-19(24-14(2)23-13)20(26)25-9-3-4-16(12-25)6-5-15-7-8-17(21)18(22)11-15/h7-8,10-11,16H,3-6,9,12H2,1-2H3/t16-/m1/s1. The second-order valence-electron chi connectivity index (χ2n) is 6.99. The molecular formula is C20H23F2N3O. The van der Waals surface area contributed by atoms with Crippen LogP contribution >= 0.6 is 0 Å². The molecule has 1 fully saturated rings. The molecule has 6 heteroatoms. The lowest BCUT2D eigenvalue weighted by Crippen LogP contribution is -2.40. The van der Waals surface area contributed by atoms with Gasteiger partial charge in [0.1, 0.15) is 11.5 Å². The summed E-state index contributed by atoms with van der Waals surface area (Å²) in [6.07, 6.45) is 3.50. The number of benzene rings is 1. The molecular weight excluding hydrogens is 336 g/mol. The van der Waals surface area contributed by atoms with E-state index in [0.717, 1.165) is 37.1 Å². The fraction of sp³-hybridized carbons (Fsp3) is 0.450. The van der Waals surface area contributed by atoms with Gasteiger partial charge in [0.25, 0.3) is 5.91 Å². The van der Waals surface area contributed by atoms with Gasteiger partial charge in [0, 0.05) is 18.8 Å². The van der Waals surface area contributed by atoms with Gasteiger partial charge in [0.05, 0.1) is 0 Å². The third-order valence-electron chi connectivity index (χ3n) is 4.82. The summed E-state index contributed by atoms with van der Waals surface area (Å²) in [5.74, 6) is -0.739. The van der Waals surface area contributed by atoms with Gasteiger partial charge in [-0.25, -0.2) is 18.7 Å². The maximum Gasteiger partial charge on any atom is 0.272 e. The Bertz CT molecular complexity index is 789. The zero-order valence-electron chi connectivity index (χ0n) is 15.1. The van der Waals surface area contributed by atoms with E-state index >= 15 is 0 Å². The summed E-state index contributed by atoms with van der Waals surface area (Å²) in [4.78, 5) is 23.1. The predicted molar refractivity (Wildman–Crippen MR) is 94.8 cm³/mol. The van der Waals surface area contributed by atoms with Crippen LogP contribution in [0.2, 0.25) is 0 Å². The Morgan fingerprint density at radius 2 is 2.00 bits per heavy atom. The molecule has 0 bridgehead atoms. The molecule has 1 amide bonds. The normalized spacial score (nSPS) is 17.4. The maximum absolute atomic E-state index is 13.3. The number of nitrogens with zero attached hydrogens (tertiary/aromatic N) is 3. The molecule has 2 aromatic rings. The van der Waals surface area contributed by atoms with Gasteiger partial charge in [-0.2, -0.15) is 0 Å². The summed E-state index contributed by atoms with van der Waals surface area (Å²) in [5.41, 5.74) is 2.01. The molecule has 4 nitrogen and oxygen atoms in total. The summed E-state index contributed by atoms with van der Waals surface area (Å²) in [7, 11) is 0. The second kappa shape index (κ2) is 7.89. The Balaban J connectivity index is 1.61. The van der Waals surface area contributed by atoms with Gasteiger partial charge in [-0.05, 0) is 69.2 Å². The van der Waals surface area contributed by atoms with Crippen LogP contribution in [0.3, 0.4) is 0 Å². The Morgan fingerprint density at radius 3 is 2.73 bits per heavy atom. The van der Waals surface area contributed by atoms with Crippen molar-refractivity contribution in [3.63, 3.8) is 0 Å². The van der Waals surface area contributed by atoms with Crippen LogP contribution in [0.1, 0.15) is 46.8 Å². The van der Waals surface area contributed by atoms with Crippen LogP contribution in [0, 0.1) is 31.4 Å². The van der Waals surface area contributed by atoms with Crippen molar-refractivity contribution < 1.29 is 13.6 Å². The molecule has 0 saturated carbocycles. The third-order valence-corrected chi connectivity index (χ3v) is 4.82. The number of carbonyl (C=O) groups is 1. The molecule has 1 saturated heterocycles. The number of aromatic nitrogens is 2. The van der Waals surface area contributed by atoms with Crippen LogP contribution < -0.4 is 0 Å². The minimum atomic E-state index is -0.821. The Morgan fingerprint density at radius 1 is 1.19 bits per heavy atom. The fourth-order valence-corrected chi connectivity index (χ4v) is 3.54. The first kappa shape index (κ1) is 18.4. The number of hydrogen-bond acceptors (Lipinski definition) is 3. The van der Waals surface area contributed by atoms with Gasteiger partial charge >= 0.3 is 0 Å². The lowest BCUT2D eigenvalue weighted by molar-refractivity contribution is 0.0661. The van der Waals surface area contributed by atoms with E-state index in [2.05, 4.69) is 9.97 Å². The monoisotopic (exact) mass is 359 g/mol. The number of likely N-dealkylation sites (tertiary alicyclic amines) is 1. The molecule has 26 heavy (non-hydrogen) atoms. The molecule has 1 atom stereocenters. The summed E-state index contributed by atoms with van der Waals surface area (Å²) < 4.78 is 26.3. The van der Waals surface area contributed by atoms with E-state index in [1.165, 1.54) is 12.1 Å². The summed E-state index contributed by atoms with van der Waals surface area (Å²) in [5, 5.41) is 0. The summed E-state index contributed by atoms with van der Waals surface area (Å²) in [6.45, 7) is 5.03. The van der Waals surface area contributed by atoms with Crippen LogP contribution in [0.4, 0.5) is 8.78 Å². The molecule has 1 aromatic heterocycles. The van der Waals surface area contributed by atoms with Crippen molar-refractivity contribution in [1.82, 2.24) is 14.9 Å². The van der Waals surface area contributed by atoms with Crippen LogP contribution in [0.5, 0.6) is 0 Å². The quantitative estimate of drug-likeness (QED) is 0.833. The molecule has 0 N–H and O–H groups in total. The first-order chi connectivity index (χ1) is 12.4. The first-order valence-electron chi connectivity index (χ1n) is 8.98. The number of carbonyl (C=O) groups excluding carboxylic acids is 1. The molecule has 138 valence electrons. The van der Waals surface area contributed by atoms with Gasteiger partial charge in [-0.3, -0.25) is 4.79 Å². The van der Waals surface area contributed by atoms with Crippen molar-refractivity contribution in [3.05, 3.63) is 58.7 Å².